The van der Waals surface area contributed by atoms with E-state index in [2.05, 4.69) is 16.4 Å². The van der Waals surface area contributed by atoms with Crippen LogP contribution in [0.15, 0.2) is 138 Å². The number of nitrogens with one attached hydrogen (secondary N) is 1. The number of aromatic nitrogens is 2. The molecule has 5 aromatic rings. The zero-order valence-corrected chi connectivity index (χ0v) is 33.0. The molecule has 1 N–H and O–H groups in total. The second kappa shape index (κ2) is 19.4. The first kappa shape index (κ1) is 40.9. The molecule has 2 heterocycles. The minimum atomic E-state index is -1.88. The number of alkyl halides is 1. The quantitative estimate of drug-likeness (QED) is 0.0531. The fourth-order valence-electron chi connectivity index (χ4n) is 7.05. The van der Waals surface area contributed by atoms with E-state index in [-0.39, 0.29) is 31.7 Å². The summed E-state index contributed by atoms with van der Waals surface area (Å²) in [6.45, 7) is 8.50. The molecule has 0 saturated carbocycles. The van der Waals surface area contributed by atoms with Gasteiger partial charge in [-0.25, -0.2) is 13.9 Å². The Balaban J connectivity index is 1.37. The molecule has 292 valence electrons. The first-order valence-electron chi connectivity index (χ1n) is 18.9. The van der Waals surface area contributed by atoms with Crippen molar-refractivity contribution < 1.29 is 22.9 Å². The summed E-state index contributed by atoms with van der Waals surface area (Å²) in [6, 6.07) is 43.1. The molecular formula is C44H49FN5O5P. The van der Waals surface area contributed by atoms with E-state index in [0.717, 1.165) is 26.8 Å². The molecule has 6 rings (SSSR count). The van der Waals surface area contributed by atoms with Crippen LogP contribution in [0.5, 0.6) is 0 Å². The number of rotatable bonds is 18. The molecule has 0 radical (unpaired) electrons. The van der Waals surface area contributed by atoms with Crippen molar-refractivity contribution in [2.45, 2.75) is 83.0 Å². The number of nitriles is 1. The maximum Gasteiger partial charge on any atom is 0.351 e. The van der Waals surface area contributed by atoms with E-state index in [1.807, 2.05) is 154 Å². The van der Waals surface area contributed by atoms with E-state index in [1.54, 1.807) is 6.07 Å². The van der Waals surface area contributed by atoms with E-state index in [1.165, 1.54) is 6.20 Å². The molecule has 0 spiro atoms. The predicted octanol–water partition coefficient (Wildman–Crippen LogP) is 8.76. The minimum Gasteiger partial charge on any atom is -0.366 e. The van der Waals surface area contributed by atoms with E-state index in [0.29, 0.717) is 12.4 Å². The number of nitrogens with zero attached hydrogens (tertiary/aromatic N) is 4. The fraction of sp³-hybridized carbons (Fsp3) is 0.341. The first-order chi connectivity index (χ1) is 27.2. The molecule has 1 aromatic heterocycles. The molecule has 1 fully saturated rings. The van der Waals surface area contributed by atoms with E-state index >= 15 is 4.39 Å². The van der Waals surface area contributed by atoms with E-state index in [4.69, 9.17) is 18.5 Å². The molecule has 1 saturated heterocycles. The van der Waals surface area contributed by atoms with Crippen LogP contribution in [-0.2, 0) is 30.7 Å². The van der Waals surface area contributed by atoms with Crippen molar-refractivity contribution in [2.24, 2.45) is 0 Å². The maximum atomic E-state index is 17.2. The van der Waals surface area contributed by atoms with Crippen LogP contribution in [0.2, 0.25) is 0 Å². The zero-order valence-electron chi connectivity index (χ0n) is 32.1. The third-order valence-electron chi connectivity index (χ3n) is 9.57. The SMILES string of the molecule is CC(C)N(C(C)C)P(OCCC#N)O[C@@H]1C(F)[C@H](n2ccc(NCc3ccccc3)nc2=O)O[C@@H]1COC(c1ccccc1)(c1ccccc1)c1ccccc1. The Morgan fingerprint density at radius 2 is 1.41 bits per heavy atom. The average molecular weight is 778 g/mol. The monoisotopic (exact) mass is 777 g/mol. The Morgan fingerprint density at radius 1 is 0.875 bits per heavy atom. The Bertz CT molecular complexity index is 1950. The largest absolute Gasteiger partial charge is 0.366 e. The minimum absolute atomic E-state index is 0.0290. The highest BCUT2D eigenvalue weighted by molar-refractivity contribution is 7.44. The van der Waals surface area contributed by atoms with Gasteiger partial charge in [-0.15, -0.1) is 0 Å². The lowest BCUT2D eigenvalue weighted by Gasteiger charge is -2.39. The standard InChI is InChI=1S/C44H49FN5O5P/c1-32(2)50(33(3)4)56(53-29-17-27-46)55-41-38(54-42(40(41)45)49-28-26-39(48-43(49)51)47-30-34-18-9-5-10-19-34)31-52-44(35-20-11-6-12-21-35,36-22-13-7-14-23-36)37-24-15-8-16-25-37/h5-16,18-26,28,32-33,38,40-42H,17,29-31H2,1-4H3,(H,47,48,51)/t38-,40?,41+,42-,56?/m1/s1. The molecule has 56 heavy (non-hydrogen) atoms. The summed E-state index contributed by atoms with van der Waals surface area (Å²) in [4.78, 5) is 17.8. The van der Waals surface area contributed by atoms with Crippen LogP contribution in [0, 0.1) is 11.3 Å². The van der Waals surface area contributed by atoms with Gasteiger partial charge in [0.2, 0.25) is 0 Å². The van der Waals surface area contributed by atoms with Gasteiger partial charge < -0.3 is 23.8 Å². The van der Waals surface area contributed by atoms with Crippen LogP contribution in [0.1, 0.15) is 62.6 Å². The summed E-state index contributed by atoms with van der Waals surface area (Å²) < 4.78 is 46.9. The first-order valence-corrected chi connectivity index (χ1v) is 20.1. The summed E-state index contributed by atoms with van der Waals surface area (Å²) in [6.07, 6.45) is -3.80. The number of halogens is 1. The van der Waals surface area contributed by atoms with Crippen molar-refractivity contribution in [1.82, 2.24) is 14.2 Å². The van der Waals surface area contributed by atoms with Crippen molar-refractivity contribution in [1.29, 1.82) is 5.26 Å². The predicted molar refractivity (Wildman–Crippen MR) is 216 cm³/mol. The smallest absolute Gasteiger partial charge is 0.351 e. The van der Waals surface area contributed by atoms with Gasteiger partial charge in [0.25, 0.3) is 8.53 Å². The Hall–Kier alpha value is -4.79. The highest BCUT2D eigenvalue weighted by Gasteiger charge is 2.51. The Kier molecular flexibility index (Phi) is 14.1. The van der Waals surface area contributed by atoms with Crippen LogP contribution < -0.4 is 11.0 Å². The number of hydrogen-bond acceptors (Lipinski definition) is 9. The lowest BCUT2D eigenvalue weighted by Crippen LogP contribution is -2.41. The summed E-state index contributed by atoms with van der Waals surface area (Å²) in [5, 5.41) is 12.5. The van der Waals surface area contributed by atoms with E-state index < -0.39 is 44.4 Å². The summed E-state index contributed by atoms with van der Waals surface area (Å²) in [5.41, 5.74) is 1.82. The lowest BCUT2D eigenvalue weighted by atomic mass is 9.80. The van der Waals surface area contributed by atoms with E-state index in [9.17, 15) is 10.1 Å². The lowest BCUT2D eigenvalue weighted by molar-refractivity contribution is -0.0934. The molecule has 12 heteroatoms. The third-order valence-corrected chi connectivity index (χ3v) is 11.7. The van der Waals surface area contributed by atoms with Crippen LogP contribution >= 0.6 is 8.53 Å². The number of ether oxygens (including phenoxy) is 2. The van der Waals surface area contributed by atoms with Gasteiger partial charge in [0.15, 0.2) is 12.4 Å². The molecule has 10 nitrogen and oxygen atoms in total. The van der Waals surface area contributed by atoms with Gasteiger partial charge in [-0.1, -0.05) is 121 Å². The van der Waals surface area contributed by atoms with Gasteiger partial charge in [-0.2, -0.15) is 10.2 Å². The second-order valence-electron chi connectivity index (χ2n) is 14.1. The van der Waals surface area contributed by atoms with Crippen LogP contribution in [0.3, 0.4) is 0 Å². The van der Waals surface area contributed by atoms with Gasteiger partial charge in [0.1, 0.15) is 23.6 Å². The summed E-state index contributed by atoms with van der Waals surface area (Å²) in [5.74, 6) is 0.355. The summed E-state index contributed by atoms with van der Waals surface area (Å²) >= 11 is 0. The molecular weight excluding hydrogens is 728 g/mol. The normalized spacial score (nSPS) is 19.0. The average Bonchev–Trinajstić information content (AvgIpc) is 3.52. The highest BCUT2D eigenvalue weighted by Crippen LogP contribution is 2.51. The zero-order chi connectivity index (χ0) is 39.5. The van der Waals surface area contributed by atoms with Crippen molar-refractivity contribution in [3.05, 3.63) is 166 Å². The molecule has 1 aliphatic rings. The van der Waals surface area contributed by atoms with Gasteiger partial charge >= 0.3 is 5.69 Å². The Morgan fingerprint density at radius 3 is 1.91 bits per heavy atom. The van der Waals surface area contributed by atoms with Crippen LogP contribution in [-0.4, -0.2) is 57.9 Å². The van der Waals surface area contributed by atoms with Crippen molar-refractivity contribution >= 4 is 14.3 Å². The molecule has 2 unspecified atom stereocenters. The van der Waals surface area contributed by atoms with Crippen LogP contribution in [0.4, 0.5) is 10.2 Å². The maximum absolute atomic E-state index is 17.2. The van der Waals surface area contributed by atoms with Crippen molar-refractivity contribution in [3.8, 4) is 6.07 Å². The highest BCUT2D eigenvalue weighted by atomic mass is 31.2. The molecule has 0 bridgehead atoms. The molecule has 1 aliphatic heterocycles. The van der Waals surface area contributed by atoms with Crippen LogP contribution in [0.25, 0.3) is 0 Å². The van der Waals surface area contributed by atoms with Gasteiger partial charge in [-0.05, 0) is 56.0 Å². The summed E-state index contributed by atoms with van der Waals surface area (Å²) in [7, 11) is -1.88. The Labute approximate surface area is 329 Å². The van der Waals surface area contributed by atoms with Gasteiger partial charge in [0.05, 0.1) is 25.7 Å². The van der Waals surface area contributed by atoms with Gasteiger partial charge in [-0.3, -0.25) is 4.57 Å². The third kappa shape index (κ3) is 9.42. The molecule has 4 aromatic carbocycles. The number of benzene rings is 4. The van der Waals surface area contributed by atoms with Crippen molar-refractivity contribution in [2.75, 3.05) is 18.5 Å². The molecule has 0 aliphatic carbocycles. The fourth-order valence-corrected chi connectivity index (χ4v) is 8.81. The molecule has 0 amide bonds. The topological polar surface area (TPSA) is 111 Å². The van der Waals surface area contributed by atoms with Gasteiger partial charge in [0, 0.05) is 24.8 Å². The number of anilines is 1. The second-order valence-corrected chi connectivity index (χ2v) is 15.5. The number of hydrogen-bond donors (Lipinski definition) is 1. The molecule has 5 atom stereocenters. The van der Waals surface area contributed by atoms with Crippen molar-refractivity contribution in [3.63, 3.8) is 0 Å².